The predicted octanol–water partition coefficient (Wildman–Crippen LogP) is 5.79. The molecule has 0 radical (unpaired) electrons. The van der Waals surface area contributed by atoms with Crippen molar-refractivity contribution < 1.29 is 9.90 Å². The second-order valence-electron chi connectivity index (χ2n) is 6.36. The molecule has 0 saturated heterocycles. The molecule has 26 heavy (non-hydrogen) atoms. The number of rotatable bonds is 3. The van der Waals surface area contributed by atoms with Gasteiger partial charge >= 0.3 is 5.97 Å². The molecule has 0 bridgehead atoms. The minimum absolute atomic E-state index is 0.692. The Balaban J connectivity index is 2.13. The second kappa shape index (κ2) is 6.86. The monoisotopic (exact) mass is 383 g/mol. The highest BCUT2D eigenvalue weighted by Crippen LogP contribution is 2.45. The first kappa shape index (κ1) is 17.3. The maximum atomic E-state index is 11.4. The number of aromatic nitrogens is 1. The van der Waals surface area contributed by atoms with Crippen molar-refractivity contribution in [3.05, 3.63) is 65.0 Å². The van der Waals surface area contributed by atoms with E-state index in [-0.39, 0.29) is 0 Å². The lowest BCUT2D eigenvalue weighted by Crippen LogP contribution is -2.05. The molecule has 0 atom stereocenters. The molecule has 132 valence electrons. The lowest BCUT2D eigenvalue weighted by molar-refractivity contribution is -0.131. The summed E-state index contributed by atoms with van der Waals surface area (Å²) in [6.45, 7) is 0. The number of halogens is 1. The average molecular weight is 384 g/mol. The van der Waals surface area contributed by atoms with Crippen LogP contribution in [0.25, 0.3) is 22.2 Å². The van der Waals surface area contributed by atoms with Gasteiger partial charge in [0, 0.05) is 39.0 Å². The third-order valence-corrected chi connectivity index (χ3v) is 5.88. The van der Waals surface area contributed by atoms with Gasteiger partial charge in [-0.15, -0.1) is 11.8 Å². The van der Waals surface area contributed by atoms with Gasteiger partial charge in [-0.25, -0.2) is 4.79 Å². The zero-order valence-corrected chi connectivity index (χ0v) is 15.9. The Morgan fingerprint density at radius 1 is 1.19 bits per heavy atom. The SMILES string of the molecule is CSc1cccn2c3c(c(-c4ccc(Cl)cc4)c12)/C(=C\C(=O)O)CCC3. The molecule has 5 heteroatoms. The Kier molecular flexibility index (Phi) is 4.55. The number of allylic oxidation sites excluding steroid dienone is 1. The molecule has 2 heterocycles. The van der Waals surface area contributed by atoms with Crippen LogP contribution in [0.1, 0.15) is 24.1 Å². The van der Waals surface area contributed by atoms with Crippen LogP contribution in [-0.2, 0) is 11.2 Å². The van der Waals surface area contributed by atoms with Crippen molar-refractivity contribution >= 4 is 40.4 Å². The molecule has 0 aliphatic heterocycles. The van der Waals surface area contributed by atoms with Gasteiger partial charge in [0.15, 0.2) is 0 Å². The summed E-state index contributed by atoms with van der Waals surface area (Å²) >= 11 is 7.80. The van der Waals surface area contributed by atoms with Crippen molar-refractivity contribution in [2.75, 3.05) is 6.26 Å². The van der Waals surface area contributed by atoms with Gasteiger partial charge in [0.2, 0.25) is 0 Å². The molecule has 0 saturated carbocycles. The summed E-state index contributed by atoms with van der Waals surface area (Å²) in [6.07, 6.45) is 8.21. The zero-order valence-electron chi connectivity index (χ0n) is 14.3. The average Bonchev–Trinajstić information content (AvgIpc) is 2.98. The van der Waals surface area contributed by atoms with E-state index in [1.165, 1.54) is 16.7 Å². The topological polar surface area (TPSA) is 41.7 Å². The number of carboxylic acids is 1. The number of aliphatic carboxylic acids is 1. The largest absolute Gasteiger partial charge is 0.478 e. The van der Waals surface area contributed by atoms with E-state index >= 15 is 0 Å². The highest BCUT2D eigenvalue weighted by molar-refractivity contribution is 7.98. The van der Waals surface area contributed by atoms with E-state index in [1.54, 1.807) is 11.8 Å². The fourth-order valence-electron chi connectivity index (χ4n) is 3.86. The van der Waals surface area contributed by atoms with Gasteiger partial charge in [-0.2, -0.15) is 0 Å². The lowest BCUT2D eigenvalue weighted by atomic mass is 9.87. The predicted molar refractivity (Wildman–Crippen MR) is 108 cm³/mol. The Labute approximate surface area is 161 Å². The van der Waals surface area contributed by atoms with Crippen LogP contribution < -0.4 is 0 Å². The molecule has 0 fully saturated rings. The van der Waals surface area contributed by atoms with Crippen molar-refractivity contribution in [1.29, 1.82) is 0 Å². The second-order valence-corrected chi connectivity index (χ2v) is 7.64. The van der Waals surface area contributed by atoms with Gasteiger partial charge in [-0.05, 0) is 60.9 Å². The molecule has 1 N–H and O–H groups in total. The fourth-order valence-corrected chi connectivity index (χ4v) is 4.59. The van der Waals surface area contributed by atoms with Crippen LogP contribution in [0.3, 0.4) is 0 Å². The van der Waals surface area contributed by atoms with Crippen LogP contribution in [0.4, 0.5) is 0 Å². The Hall–Kier alpha value is -2.17. The van der Waals surface area contributed by atoms with Gasteiger partial charge in [0.1, 0.15) is 0 Å². The van der Waals surface area contributed by atoms with E-state index in [0.717, 1.165) is 47.0 Å². The van der Waals surface area contributed by atoms with Gasteiger partial charge in [-0.3, -0.25) is 0 Å². The molecule has 2 aromatic heterocycles. The van der Waals surface area contributed by atoms with Gasteiger partial charge in [0.05, 0.1) is 5.52 Å². The molecular formula is C21H18ClNO2S. The van der Waals surface area contributed by atoms with E-state index in [4.69, 9.17) is 11.6 Å². The van der Waals surface area contributed by atoms with Crippen LogP contribution in [0.15, 0.2) is 53.6 Å². The number of pyridine rings is 1. The molecule has 0 unspecified atom stereocenters. The van der Waals surface area contributed by atoms with Crippen molar-refractivity contribution in [3.63, 3.8) is 0 Å². The summed E-state index contributed by atoms with van der Waals surface area (Å²) in [6, 6.07) is 12.0. The number of fused-ring (bicyclic) bond motifs is 3. The molecular weight excluding hydrogens is 366 g/mol. The number of benzene rings is 1. The van der Waals surface area contributed by atoms with Crippen LogP contribution in [0.5, 0.6) is 0 Å². The molecule has 1 aliphatic rings. The van der Waals surface area contributed by atoms with Gasteiger partial charge in [0.25, 0.3) is 0 Å². The normalized spacial score (nSPS) is 15.4. The fraction of sp³-hybridized carbons (Fsp3) is 0.190. The first-order chi connectivity index (χ1) is 12.6. The van der Waals surface area contributed by atoms with Crippen LogP contribution in [0, 0.1) is 0 Å². The van der Waals surface area contributed by atoms with Crippen LogP contribution in [0.2, 0.25) is 5.02 Å². The molecule has 3 nitrogen and oxygen atoms in total. The van der Waals surface area contributed by atoms with E-state index in [1.807, 2.05) is 24.3 Å². The number of thioether (sulfide) groups is 1. The maximum absolute atomic E-state index is 11.4. The standard InChI is InChI=1S/C21H18ClNO2S/c1-26-17-6-3-11-23-16-5-2-4-14(12-18(24)25)19(16)20(21(17)23)13-7-9-15(22)10-8-13/h3,6-12H,2,4-5H2,1H3,(H,24,25)/b14-12-. The Bertz CT molecular complexity index is 1030. The Morgan fingerprint density at radius 3 is 2.65 bits per heavy atom. The summed E-state index contributed by atoms with van der Waals surface area (Å²) in [5.74, 6) is -0.893. The van der Waals surface area contributed by atoms with Crippen LogP contribution >= 0.6 is 23.4 Å². The summed E-state index contributed by atoms with van der Waals surface area (Å²) < 4.78 is 2.24. The number of hydrogen-bond acceptors (Lipinski definition) is 2. The van der Waals surface area contributed by atoms with Crippen molar-refractivity contribution in [3.8, 4) is 11.1 Å². The molecule has 1 aromatic carbocycles. The summed E-state index contributed by atoms with van der Waals surface area (Å²) in [7, 11) is 0. The summed E-state index contributed by atoms with van der Waals surface area (Å²) in [5, 5.41) is 10.1. The molecule has 4 rings (SSSR count). The summed E-state index contributed by atoms with van der Waals surface area (Å²) in [5.41, 5.74) is 6.48. The smallest absolute Gasteiger partial charge is 0.328 e. The molecule has 3 aromatic rings. The maximum Gasteiger partial charge on any atom is 0.328 e. The van der Waals surface area contributed by atoms with Crippen molar-refractivity contribution in [2.45, 2.75) is 24.2 Å². The zero-order chi connectivity index (χ0) is 18.3. The molecule has 1 aliphatic carbocycles. The van der Waals surface area contributed by atoms with E-state index in [9.17, 15) is 9.90 Å². The molecule has 0 amide bonds. The minimum atomic E-state index is -0.893. The summed E-state index contributed by atoms with van der Waals surface area (Å²) in [4.78, 5) is 12.6. The number of carbonyl (C=O) groups is 1. The third-order valence-electron chi connectivity index (χ3n) is 4.85. The van der Waals surface area contributed by atoms with E-state index in [0.29, 0.717) is 5.02 Å². The van der Waals surface area contributed by atoms with E-state index < -0.39 is 5.97 Å². The van der Waals surface area contributed by atoms with Gasteiger partial charge < -0.3 is 9.51 Å². The van der Waals surface area contributed by atoms with Crippen molar-refractivity contribution in [1.82, 2.24) is 4.40 Å². The number of carboxylic acid groups (broad SMARTS) is 1. The number of hydrogen-bond donors (Lipinski definition) is 1. The third kappa shape index (κ3) is 2.83. The highest BCUT2D eigenvalue weighted by atomic mass is 35.5. The first-order valence-corrected chi connectivity index (χ1v) is 10.1. The number of nitrogens with zero attached hydrogens (tertiary/aromatic N) is 1. The van der Waals surface area contributed by atoms with E-state index in [2.05, 4.69) is 29.0 Å². The number of aryl methyl sites for hydroxylation is 1. The lowest BCUT2D eigenvalue weighted by Gasteiger charge is -2.17. The van der Waals surface area contributed by atoms with Gasteiger partial charge in [-0.1, -0.05) is 23.7 Å². The molecule has 0 spiro atoms. The minimum Gasteiger partial charge on any atom is -0.478 e. The first-order valence-electron chi connectivity index (χ1n) is 8.50. The Morgan fingerprint density at radius 2 is 1.96 bits per heavy atom. The quantitative estimate of drug-likeness (QED) is 0.460. The highest BCUT2D eigenvalue weighted by Gasteiger charge is 2.26. The van der Waals surface area contributed by atoms with Crippen molar-refractivity contribution in [2.24, 2.45) is 0 Å². The van der Waals surface area contributed by atoms with Crippen LogP contribution in [-0.4, -0.2) is 21.7 Å².